The number of carbonyl (C=O) groups is 6. The Morgan fingerprint density at radius 3 is 0.927 bits per heavy atom. The van der Waals surface area contributed by atoms with Gasteiger partial charge in [0.1, 0.15) is 70.3 Å². The van der Waals surface area contributed by atoms with Crippen LogP contribution in [0.25, 0.3) is 43.1 Å². The fourth-order valence-corrected chi connectivity index (χ4v) is 12.8. The Kier molecular flexibility index (Phi) is 16.2. The predicted octanol–water partition coefficient (Wildman–Crippen LogP) is 13.9. The number of fused-ring (bicyclic) bond motifs is 2. The first-order valence-corrected chi connectivity index (χ1v) is 31.9. The Morgan fingerprint density at radius 2 is 0.667 bits per heavy atom. The SMILES string of the molecule is Cc1ccc(Oc2cc3c4c(cc(Oc5ccc(C)cc5)c5c6c(Oc7ccc(C)cc7)cc7c8c(cc(Oc9ccc(C)cc9)c(c2c45)c86)C(=O)N(C(C(=O)NCCOCC2CO2)c2ccccc2)C7=O)C(=O)N(C(C(=O)NCCOCC2CO2)c2ccccc2)C3=O)cc1. The first-order chi connectivity index (χ1) is 46.7. The topological polar surface area (TPSA) is 213 Å². The Bertz CT molecular complexity index is 4370. The van der Waals surface area contributed by atoms with Gasteiger partial charge in [0, 0.05) is 56.2 Å². The lowest BCUT2D eigenvalue weighted by Crippen LogP contribution is -2.49. The number of nitrogens with one attached hydrogen (secondary N) is 2. The van der Waals surface area contributed by atoms with Crippen LogP contribution in [0.4, 0.5) is 0 Å². The second-order valence-corrected chi connectivity index (χ2v) is 24.6. The van der Waals surface area contributed by atoms with E-state index in [2.05, 4.69) is 10.6 Å². The molecule has 2 saturated heterocycles. The van der Waals surface area contributed by atoms with Crippen molar-refractivity contribution < 1.29 is 66.7 Å². The molecule has 480 valence electrons. The van der Waals surface area contributed by atoms with Gasteiger partial charge >= 0.3 is 0 Å². The van der Waals surface area contributed by atoms with Gasteiger partial charge in [0.25, 0.3) is 23.6 Å². The minimum Gasteiger partial charge on any atom is -0.457 e. The molecule has 18 heteroatoms. The van der Waals surface area contributed by atoms with E-state index in [1.54, 1.807) is 133 Å². The van der Waals surface area contributed by atoms with Crippen LogP contribution < -0.4 is 29.6 Å². The van der Waals surface area contributed by atoms with Crippen molar-refractivity contribution in [3.8, 4) is 46.0 Å². The number of nitrogens with zero attached hydrogens (tertiary/aromatic N) is 2. The summed E-state index contributed by atoms with van der Waals surface area (Å²) in [5.74, 6) is -2.72. The molecular weight excluding hydrogens is 1220 g/mol. The number of benzene rings is 11. The van der Waals surface area contributed by atoms with Crippen LogP contribution in [0.1, 0.15) is 86.9 Å². The van der Waals surface area contributed by atoms with Crippen LogP contribution >= 0.6 is 0 Å². The molecule has 15 rings (SSSR count). The van der Waals surface area contributed by atoms with Crippen LogP contribution in [0.5, 0.6) is 46.0 Å². The Balaban J connectivity index is 1.04. The molecular formula is C78H64N4O14. The van der Waals surface area contributed by atoms with E-state index in [4.69, 9.17) is 37.9 Å². The van der Waals surface area contributed by atoms with Crippen molar-refractivity contribution in [3.05, 3.63) is 238 Å². The molecule has 4 unspecified atom stereocenters. The van der Waals surface area contributed by atoms with E-state index in [1.807, 2.05) is 76.2 Å². The smallest absolute Gasteiger partial charge is 0.262 e. The number of carbonyl (C=O) groups excluding carboxylic acids is 6. The van der Waals surface area contributed by atoms with Crippen molar-refractivity contribution in [2.75, 3.05) is 52.7 Å². The molecule has 11 aromatic carbocycles. The highest BCUT2D eigenvalue weighted by atomic mass is 16.6. The highest BCUT2D eigenvalue weighted by Crippen LogP contribution is 2.58. The highest BCUT2D eigenvalue weighted by Gasteiger charge is 2.47. The first kappa shape index (κ1) is 61.2. The highest BCUT2D eigenvalue weighted by molar-refractivity contribution is 6.45. The minimum absolute atomic E-state index is 0.000808. The van der Waals surface area contributed by atoms with E-state index >= 15 is 19.2 Å². The third kappa shape index (κ3) is 11.6. The lowest BCUT2D eigenvalue weighted by molar-refractivity contribution is -0.126. The third-order valence-corrected chi connectivity index (χ3v) is 17.7. The van der Waals surface area contributed by atoms with Crippen molar-refractivity contribution in [2.45, 2.75) is 52.0 Å². The number of amides is 6. The van der Waals surface area contributed by atoms with E-state index < -0.39 is 47.5 Å². The van der Waals surface area contributed by atoms with Crippen LogP contribution in [0.3, 0.4) is 0 Å². The molecule has 11 aromatic rings. The maximum absolute atomic E-state index is 16.3. The van der Waals surface area contributed by atoms with Crippen LogP contribution in [0.2, 0.25) is 0 Å². The zero-order valence-electron chi connectivity index (χ0n) is 52.9. The van der Waals surface area contributed by atoms with Gasteiger partial charge in [-0.3, -0.25) is 38.6 Å². The molecule has 2 fully saturated rings. The summed E-state index contributed by atoms with van der Waals surface area (Å²) in [7, 11) is 0. The van der Waals surface area contributed by atoms with Gasteiger partial charge in [-0.1, -0.05) is 131 Å². The van der Waals surface area contributed by atoms with E-state index in [0.29, 0.717) is 82.1 Å². The van der Waals surface area contributed by atoms with Crippen LogP contribution in [0.15, 0.2) is 182 Å². The van der Waals surface area contributed by atoms with Gasteiger partial charge in [0.2, 0.25) is 11.8 Å². The van der Waals surface area contributed by atoms with Gasteiger partial charge in [0.05, 0.1) is 61.9 Å². The van der Waals surface area contributed by atoms with E-state index in [-0.39, 0.29) is 105 Å². The standard InChI is InChI=1S/C78H64N4O14/c1-43-15-23-49(24-16-43)93-59-35-55-63-56(76(86)81(75(55)85)71(47-11-7-5-8-12-47)73(83)79-31-33-89-39-53-41-91-53)37-61(95-51-27-19-45(3)20-28-51)67-68-62(96-52-29-21-46(4)22-30-52)38-58-64-57(36-60(66(70(64)68)65(59)69(63)67)94-50-25-17-44(2)18-26-50)77(87)82(78(58)88)72(48-13-9-6-10-14-48)74(84)80-32-34-90-40-54-42-92-54/h5-30,35-38,53-54,71-72H,31-34,39-42H2,1-4H3,(H,79,83)(H,80,84). The molecule has 4 heterocycles. The number of epoxide rings is 2. The molecule has 0 aliphatic carbocycles. The number of ether oxygens (including phenoxy) is 8. The number of aryl methyl sites for hydroxylation is 4. The predicted molar refractivity (Wildman–Crippen MR) is 359 cm³/mol. The van der Waals surface area contributed by atoms with Gasteiger partial charge in [0.15, 0.2) is 0 Å². The maximum atomic E-state index is 16.3. The Labute approximate surface area is 551 Å². The van der Waals surface area contributed by atoms with Gasteiger partial charge in [-0.2, -0.15) is 0 Å². The molecule has 96 heavy (non-hydrogen) atoms. The summed E-state index contributed by atoms with van der Waals surface area (Å²) in [5, 5.41) is 7.99. The Hall–Kier alpha value is -11.0. The average molecular weight is 1280 g/mol. The largest absolute Gasteiger partial charge is 0.457 e. The molecule has 18 nitrogen and oxygen atoms in total. The zero-order valence-corrected chi connectivity index (χ0v) is 52.9. The number of hydrogen-bond acceptors (Lipinski definition) is 14. The fraction of sp³-hybridized carbons (Fsp3) is 0.205. The fourth-order valence-electron chi connectivity index (χ4n) is 12.8. The van der Waals surface area contributed by atoms with E-state index in [0.717, 1.165) is 32.1 Å². The van der Waals surface area contributed by atoms with Gasteiger partial charge in [-0.15, -0.1) is 0 Å². The van der Waals surface area contributed by atoms with E-state index in [1.165, 1.54) is 0 Å². The van der Waals surface area contributed by atoms with Gasteiger partial charge < -0.3 is 48.5 Å². The Morgan fingerprint density at radius 1 is 0.396 bits per heavy atom. The lowest BCUT2D eigenvalue weighted by atomic mass is 9.80. The number of rotatable bonds is 24. The first-order valence-electron chi connectivity index (χ1n) is 31.9. The molecule has 0 saturated carbocycles. The molecule has 0 aromatic heterocycles. The van der Waals surface area contributed by atoms with E-state index in [9.17, 15) is 9.59 Å². The normalized spacial score (nSPS) is 16.1. The van der Waals surface area contributed by atoms with Crippen molar-refractivity contribution >= 4 is 78.5 Å². The molecule has 6 amide bonds. The summed E-state index contributed by atoms with van der Waals surface area (Å²) in [6.45, 7) is 10.1. The monoisotopic (exact) mass is 1280 g/mol. The summed E-state index contributed by atoms with van der Waals surface area (Å²) in [6, 6.07) is 49.9. The van der Waals surface area contributed by atoms with Crippen molar-refractivity contribution in [2.24, 2.45) is 0 Å². The number of hydrogen-bond donors (Lipinski definition) is 2. The van der Waals surface area contributed by atoms with Gasteiger partial charge in [-0.25, -0.2) is 0 Å². The van der Waals surface area contributed by atoms with Crippen molar-refractivity contribution in [1.29, 1.82) is 0 Å². The summed E-state index contributed by atoms with van der Waals surface area (Å²) >= 11 is 0. The van der Waals surface area contributed by atoms with Crippen molar-refractivity contribution in [1.82, 2.24) is 20.4 Å². The van der Waals surface area contributed by atoms with Crippen LogP contribution in [0, 0.1) is 27.7 Å². The average Bonchev–Trinajstić information content (AvgIpc) is 0.810. The van der Waals surface area contributed by atoms with Crippen LogP contribution in [-0.4, -0.2) is 110 Å². The minimum atomic E-state index is -1.50. The van der Waals surface area contributed by atoms with Crippen molar-refractivity contribution in [3.63, 3.8) is 0 Å². The lowest BCUT2D eigenvalue weighted by Gasteiger charge is -2.36. The maximum Gasteiger partial charge on any atom is 0.262 e. The molecule has 0 bridgehead atoms. The third-order valence-electron chi connectivity index (χ3n) is 17.7. The summed E-state index contributed by atoms with van der Waals surface area (Å²) in [4.78, 5) is 97.0. The zero-order chi connectivity index (χ0) is 65.9. The summed E-state index contributed by atoms with van der Waals surface area (Å²) in [6.07, 6.45) is -0.00929. The molecule has 2 N–H and O–H groups in total. The summed E-state index contributed by atoms with van der Waals surface area (Å²) in [5.41, 5.74) is 4.47. The molecule has 4 aliphatic heterocycles. The molecule has 4 aliphatic rings. The number of imide groups is 2. The summed E-state index contributed by atoms with van der Waals surface area (Å²) < 4.78 is 50.9. The quantitative estimate of drug-likeness (QED) is 0.0189. The molecule has 0 spiro atoms. The van der Waals surface area contributed by atoms with Gasteiger partial charge in [-0.05, 0) is 112 Å². The molecule has 0 radical (unpaired) electrons. The van der Waals surface area contributed by atoms with Crippen LogP contribution in [-0.2, 0) is 28.5 Å². The molecule has 4 atom stereocenters. The second-order valence-electron chi connectivity index (χ2n) is 24.6. The second kappa shape index (κ2) is 25.4.